The van der Waals surface area contributed by atoms with Gasteiger partial charge in [-0.1, -0.05) is 0 Å². The molecule has 0 aromatic rings. The zero-order valence-electron chi connectivity index (χ0n) is 14.9. The van der Waals surface area contributed by atoms with Gasteiger partial charge in [0.15, 0.2) is 6.29 Å². The van der Waals surface area contributed by atoms with Gasteiger partial charge in [-0.15, -0.1) is 0 Å². The van der Waals surface area contributed by atoms with Gasteiger partial charge in [0.2, 0.25) is 5.91 Å². The van der Waals surface area contributed by atoms with Crippen LogP contribution in [0.4, 0.5) is 0 Å². The molecule has 10 nitrogen and oxygen atoms in total. The molecule has 4 unspecified atom stereocenters. The van der Waals surface area contributed by atoms with Crippen molar-refractivity contribution < 1.29 is 44.2 Å². The molecular weight excluding hydrogens is 350 g/mol. The van der Waals surface area contributed by atoms with Crippen molar-refractivity contribution in [3.8, 4) is 0 Å². The van der Waals surface area contributed by atoms with Gasteiger partial charge in [-0.3, -0.25) is 4.79 Å². The quantitative estimate of drug-likeness (QED) is 0.172. The van der Waals surface area contributed by atoms with E-state index in [1.807, 2.05) is 0 Å². The second kappa shape index (κ2) is 14.2. The van der Waals surface area contributed by atoms with Crippen LogP contribution < -0.4 is 5.32 Å². The minimum absolute atomic E-state index is 0.0759. The van der Waals surface area contributed by atoms with E-state index in [0.717, 1.165) is 0 Å². The highest BCUT2D eigenvalue weighted by Gasteiger charge is 2.36. The lowest BCUT2D eigenvalue weighted by Crippen LogP contribution is -2.50. The molecule has 26 heavy (non-hydrogen) atoms. The molecule has 1 fully saturated rings. The highest BCUT2D eigenvalue weighted by Crippen LogP contribution is 2.21. The van der Waals surface area contributed by atoms with Crippen LogP contribution in [-0.4, -0.2) is 97.3 Å². The number of amides is 1. The van der Waals surface area contributed by atoms with Gasteiger partial charge in [-0.05, 0) is 12.8 Å². The normalized spacial score (nSPS) is 26.0. The van der Waals surface area contributed by atoms with Crippen molar-refractivity contribution in [1.29, 1.82) is 0 Å². The van der Waals surface area contributed by atoms with Crippen LogP contribution in [0.2, 0.25) is 0 Å². The van der Waals surface area contributed by atoms with Crippen LogP contribution >= 0.6 is 0 Å². The number of nitrogens with one attached hydrogen (secondary N) is 1. The molecule has 154 valence electrons. The molecule has 1 amide bonds. The van der Waals surface area contributed by atoms with Crippen LogP contribution in [0.25, 0.3) is 0 Å². The van der Waals surface area contributed by atoms with E-state index in [9.17, 15) is 15.0 Å². The van der Waals surface area contributed by atoms with Gasteiger partial charge in [0.05, 0.1) is 32.5 Å². The topological polar surface area (TPSA) is 147 Å². The molecule has 0 radical (unpaired) electrons. The number of ether oxygens (including phenoxy) is 4. The molecule has 4 atom stereocenters. The average Bonchev–Trinajstić information content (AvgIpc) is 2.63. The number of aliphatic hydroxyl groups is 4. The number of rotatable bonds is 14. The van der Waals surface area contributed by atoms with E-state index in [2.05, 4.69) is 10.1 Å². The van der Waals surface area contributed by atoms with Crippen LogP contribution in [0.15, 0.2) is 0 Å². The summed E-state index contributed by atoms with van der Waals surface area (Å²) in [6.07, 6.45) is -1.85. The molecule has 1 rings (SSSR count). The summed E-state index contributed by atoms with van der Waals surface area (Å²) in [6, 6.07) is 0. The smallest absolute Gasteiger partial charge is 0.220 e. The summed E-state index contributed by atoms with van der Waals surface area (Å²) >= 11 is 0. The van der Waals surface area contributed by atoms with Gasteiger partial charge < -0.3 is 44.7 Å². The molecule has 1 saturated heterocycles. The summed E-state index contributed by atoms with van der Waals surface area (Å²) in [5.74, 6) is -0.0759. The molecule has 0 saturated carbocycles. The zero-order chi connectivity index (χ0) is 19.2. The minimum Gasteiger partial charge on any atom is -0.394 e. The van der Waals surface area contributed by atoms with Crippen molar-refractivity contribution in [3.05, 3.63) is 0 Å². The molecule has 0 aromatic heterocycles. The molecule has 1 aliphatic heterocycles. The Kier molecular flexibility index (Phi) is 12.7. The lowest BCUT2D eigenvalue weighted by Gasteiger charge is -2.36. The second-order valence-corrected chi connectivity index (χ2v) is 5.91. The first-order chi connectivity index (χ1) is 12.6. The molecule has 0 spiro atoms. The van der Waals surface area contributed by atoms with Crippen molar-refractivity contribution >= 4 is 5.91 Å². The molecule has 0 bridgehead atoms. The van der Waals surface area contributed by atoms with E-state index in [0.29, 0.717) is 52.2 Å². The maximum atomic E-state index is 11.6. The minimum atomic E-state index is -1.12. The number of hydrogen-bond acceptors (Lipinski definition) is 9. The van der Waals surface area contributed by atoms with Crippen LogP contribution in [-0.2, 0) is 23.7 Å². The summed E-state index contributed by atoms with van der Waals surface area (Å²) in [5.41, 5.74) is 0. The van der Waals surface area contributed by atoms with Gasteiger partial charge in [0.25, 0.3) is 0 Å². The van der Waals surface area contributed by atoms with Gasteiger partial charge in [-0.25, -0.2) is 0 Å². The fraction of sp³-hybridized carbons (Fsp3) is 0.938. The Bertz CT molecular complexity index is 372. The standard InChI is InChI=1S/C16H31NO9/c18-10-13-16(22)12(20)9-15(26-13)25-5-2-1-3-14(21)17-4-6-23-7-8-24-11-19/h12-13,15-16,18-20,22H,1-11H2,(H,17,21). The van der Waals surface area contributed by atoms with Crippen LogP contribution in [0.3, 0.4) is 0 Å². The van der Waals surface area contributed by atoms with Crippen molar-refractivity contribution in [3.63, 3.8) is 0 Å². The van der Waals surface area contributed by atoms with E-state index >= 15 is 0 Å². The Labute approximate surface area is 153 Å². The molecule has 10 heteroatoms. The average molecular weight is 381 g/mol. The predicted octanol–water partition coefficient (Wildman–Crippen LogP) is -1.90. The third-order valence-corrected chi connectivity index (χ3v) is 3.85. The summed E-state index contributed by atoms with van der Waals surface area (Å²) in [5, 5.41) is 39.5. The lowest BCUT2D eigenvalue weighted by molar-refractivity contribution is -0.256. The Balaban J connectivity index is 1.97. The predicted molar refractivity (Wildman–Crippen MR) is 89.0 cm³/mol. The zero-order valence-corrected chi connectivity index (χ0v) is 14.9. The van der Waals surface area contributed by atoms with Crippen LogP contribution in [0.5, 0.6) is 0 Å². The van der Waals surface area contributed by atoms with E-state index < -0.39 is 31.2 Å². The molecule has 1 aliphatic rings. The fourth-order valence-corrected chi connectivity index (χ4v) is 2.41. The van der Waals surface area contributed by atoms with Crippen molar-refractivity contribution in [2.45, 2.75) is 50.3 Å². The van der Waals surface area contributed by atoms with Crippen molar-refractivity contribution in [2.75, 3.05) is 46.4 Å². The van der Waals surface area contributed by atoms with Gasteiger partial charge in [-0.2, -0.15) is 0 Å². The summed E-state index contributed by atoms with van der Waals surface area (Å²) in [4.78, 5) is 11.6. The third-order valence-electron chi connectivity index (χ3n) is 3.85. The van der Waals surface area contributed by atoms with Crippen LogP contribution in [0.1, 0.15) is 25.7 Å². The number of hydrogen-bond donors (Lipinski definition) is 5. The van der Waals surface area contributed by atoms with E-state index in [-0.39, 0.29) is 19.1 Å². The summed E-state index contributed by atoms with van der Waals surface area (Å²) < 4.78 is 20.7. The van der Waals surface area contributed by atoms with Gasteiger partial charge in [0, 0.05) is 26.0 Å². The largest absolute Gasteiger partial charge is 0.394 e. The Morgan fingerprint density at radius 2 is 1.85 bits per heavy atom. The first-order valence-electron chi connectivity index (χ1n) is 8.85. The monoisotopic (exact) mass is 381 g/mol. The summed E-state index contributed by atoms with van der Waals surface area (Å²) in [7, 11) is 0. The number of aliphatic hydroxyl groups excluding tert-OH is 4. The fourth-order valence-electron chi connectivity index (χ4n) is 2.41. The SMILES string of the molecule is O=C(CCCCOC1CC(O)C(O)C(CO)O1)NCCOCCOCO. The molecule has 5 N–H and O–H groups in total. The molecule has 0 aliphatic carbocycles. The number of carbonyl (C=O) groups is 1. The highest BCUT2D eigenvalue weighted by molar-refractivity contribution is 5.75. The number of unbranched alkanes of at least 4 members (excludes halogenated alkanes) is 1. The van der Waals surface area contributed by atoms with Crippen molar-refractivity contribution in [1.82, 2.24) is 5.32 Å². The first-order valence-corrected chi connectivity index (χ1v) is 8.85. The number of carbonyl (C=O) groups excluding carboxylic acids is 1. The third kappa shape index (κ3) is 9.74. The maximum Gasteiger partial charge on any atom is 0.220 e. The van der Waals surface area contributed by atoms with Gasteiger partial charge in [0.1, 0.15) is 19.0 Å². The molecule has 0 aromatic carbocycles. The highest BCUT2D eigenvalue weighted by atomic mass is 16.7. The molecular formula is C16H31NO9. The Hall–Kier alpha value is -0.850. The van der Waals surface area contributed by atoms with E-state index in [4.69, 9.17) is 24.4 Å². The summed E-state index contributed by atoms with van der Waals surface area (Å²) in [6.45, 7) is 1.09. The first kappa shape index (κ1) is 23.2. The van der Waals surface area contributed by atoms with E-state index in [1.54, 1.807) is 0 Å². The second-order valence-electron chi connectivity index (χ2n) is 5.91. The van der Waals surface area contributed by atoms with Gasteiger partial charge >= 0.3 is 0 Å². The lowest BCUT2D eigenvalue weighted by atomic mass is 10.0. The Morgan fingerprint density at radius 3 is 2.58 bits per heavy atom. The van der Waals surface area contributed by atoms with E-state index in [1.165, 1.54) is 0 Å². The van der Waals surface area contributed by atoms with Crippen molar-refractivity contribution in [2.24, 2.45) is 0 Å². The molecule has 1 heterocycles. The Morgan fingerprint density at radius 1 is 1.08 bits per heavy atom. The van der Waals surface area contributed by atoms with Crippen LogP contribution in [0, 0.1) is 0 Å². The maximum absolute atomic E-state index is 11.6.